The lowest BCUT2D eigenvalue weighted by Gasteiger charge is -2.36. The lowest BCUT2D eigenvalue weighted by Crippen LogP contribution is -2.45. The molecule has 1 fully saturated rings. The quantitative estimate of drug-likeness (QED) is 0.405. The van der Waals surface area contributed by atoms with Crippen LogP contribution in [0.25, 0.3) is 0 Å². The highest BCUT2D eigenvalue weighted by atomic mass is 16.9. The van der Waals surface area contributed by atoms with Gasteiger partial charge in [-0.3, -0.25) is 0 Å². The molecule has 1 saturated heterocycles. The van der Waals surface area contributed by atoms with Crippen molar-refractivity contribution in [3.05, 3.63) is 0 Å². The molecular weight excluding hydrogens is 266 g/mol. The van der Waals surface area contributed by atoms with Gasteiger partial charge in [-0.15, -0.1) is 0 Å². The number of likely N-dealkylation sites (tertiary alicyclic amines) is 1. The molecule has 0 aromatic carbocycles. The third kappa shape index (κ3) is 6.23. The maximum absolute atomic E-state index is 5.50. The average Bonchev–Trinajstić information content (AvgIpc) is 3.05. The third-order valence-electron chi connectivity index (χ3n) is 4.72. The van der Waals surface area contributed by atoms with Gasteiger partial charge in [0.05, 0.1) is 0 Å². The summed E-state index contributed by atoms with van der Waals surface area (Å²) in [5.41, 5.74) is 0. The molecule has 1 unspecified atom stereocenters. The first-order valence-electron chi connectivity index (χ1n) is 8.60. The summed E-state index contributed by atoms with van der Waals surface area (Å²) in [6.07, 6.45) is 11.2. The van der Waals surface area contributed by atoms with E-state index in [0.717, 1.165) is 6.42 Å². The molecule has 0 aromatic rings. The fraction of sp³-hybridized carbons (Fsp3) is 1.00. The van der Waals surface area contributed by atoms with Crippen LogP contribution in [0.1, 0.15) is 64.7 Å². The minimum absolute atomic E-state index is 0.494. The Balaban J connectivity index is 2.51. The van der Waals surface area contributed by atoms with Crippen LogP contribution in [0.2, 0.25) is 0 Å². The average molecular weight is 301 g/mol. The molecule has 126 valence electrons. The van der Waals surface area contributed by atoms with E-state index in [4.69, 9.17) is 14.2 Å². The second-order valence-electron chi connectivity index (χ2n) is 6.10. The van der Waals surface area contributed by atoms with E-state index in [-0.39, 0.29) is 0 Å². The van der Waals surface area contributed by atoms with Gasteiger partial charge in [-0.25, -0.2) is 0 Å². The van der Waals surface area contributed by atoms with E-state index in [2.05, 4.69) is 11.8 Å². The molecule has 1 rings (SSSR count). The third-order valence-corrected chi connectivity index (χ3v) is 4.72. The lowest BCUT2D eigenvalue weighted by atomic mass is 10.0. The summed E-state index contributed by atoms with van der Waals surface area (Å²) in [7, 11) is 4.99. The Morgan fingerprint density at radius 2 is 1.48 bits per heavy atom. The number of hydrogen-bond acceptors (Lipinski definition) is 4. The maximum atomic E-state index is 5.50. The Morgan fingerprint density at radius 1 is 0.905 bits per heavy atom. The van der Waals surface area contributed by atoms with Crippen molar-refractivity contribution < 1.29 is 14.2 Å². The van der Waals surface area contributed by atoms with E-state index >= 15 is 0 Å². The van der Waals surface area contributed by atoms with Gasteiger partial charge in [-0.1, -0.05) is 39.0 Å². The largest absolute Gasteiger partial charge is 0.331 e. The molecule has 4 nitrogen and oxygen atoms in total. The number of nitrogens with zero attached hydrogens (tertiary/aromatic N) is 1. The van der Waals surface area contributed by atoms with E-state index in [0.29, 0.717) is 6.04 Å². The fourth-order valence-corrected chi connectivity index (χ4v) is 3.29. The van der Waals surface area contributed by atoms with E-state index in [1.165, 1.54) is 64.5 Å². The molecule has 1 atom stereocenters. The predicted octanol–water partition coefficient (Wildman–Crippen LogP) is 3.79. The molecule has 4 heteroatoms. The molecule has 0 radical (unpaired) electrons. The van der Waals surface area contributed by atoms with Crippen molar-refractivity contribution in [3.8, 4) is 0 Å². The highest BCUT2D eigenvalue weighted by Crippen LogP contribution is 2.27. The summed E-state index contributed by atoms with van der Waals surface area (Å²) in [5, 5.41) is 0. The maximum Gasteiger partial charge on any atom is 0.283 e. The van der Waals surface area contributed by atoms with Gasteiger partial charge in [0.25, 0.3) is 5.97 Å². The molecule has 1 aliphatic heterocycles. The van der Waals surface area contributed by atoms with Crippen molar-refractivity contribution in [1.29, 1.82) is 0 Å². The summed E-state index contributed by atoms with van der Waals surface area (Å²) in [5.74, 6) is -0.892. The normalized spacial score (nSPS) is 18.3. The van der Waals surface area contributed by atoms with Gasteiger partial charge in [0, 0.05) is 33.8 Å². The number of rotatable bonds is 12. The predicted molar refractivity (Wildman–Crippen MR) is 86.3 cm³/mol. The summed E-state index contributed by atoms with van der Waals surface area (Å²) >= 11 is 0. The van der Waals surface area contributed by atoms with Crippen molar-refractivity contribution in [3.63, 3.8) is 0 Å². The van der Waals surface area contributed by atoms with Crippen molar-refractivity contribution in [1.82, 2.24) is 4.90 Å². The molecule has 0 saturated carbocycles. The molecular formula is C17H35NO3. The van der Waals surface area contributed by atoms with E-state index < -0.39 is 5.97 Å². The van der Waals surface area contributed by atoms with Gasteiger partial charge in [-0.2, -0.15) is 0 Å². The van der Waals surface area contributed by atoms with Gasteiger partial charge >= 0.3 is 0 Å². The number of hydrogen-bond donors (Lipinski definition) is 0. The van der Waals surface area contributed by atoms with Crippen LogP contribution in [0, 0.1) is 0 Å². The SMILES string of the molecule is CCCCCCCC(CC(OC)(OC)OC)N1CCCC1. The number of ether oxygens (including phenoxy) is 3. The van der Waals surface area contributed by atoms with E-state index in [9.17, 15) is 0 Å². The zero-order valence-electron chi connectivity index (χ0n) is 14.5. The summed E-state index contributed by atoms with van der Waals surface area (Å²) < 4.78 is 16.5. The zero-order valence-corrected chi connectivity index (χ0v) is 14.5. The van der Waals surface area contributed by atoms with Crippen LogP contribution in [0.4, 0.5) is 0 Å². The minimum Gasteiger partial charge on any atom is -0.331 e. The van der Waals surface area contributed by atoms with Crippen molar-refractivity contribution >= 4 is 0 Å². The van der Waals surface area contributed by atoms with Gasteiger partial charge in [0.2, 0.25) is 0 Å². The summed E-state index contributed by atoms with van der Waals surface area (Å²) in [4.78, 5) is 2.59. The monoisotopic (exact) mass is 301 g/mol. The van der Waals surface area contributed by atoms with Crippen molar-refractivity contribution in [2.45, 2.75) is 76.7 Å². The Hall–Kier alpha value is -0.160. The Morgan fingerprint density at radius 3 is 2.00 bits per heavy atom. The molecule has 0 aromatic heterocycles. The minimum atomic E-state index is -0.892. The first-order chi connectivity index (χ1) is 10.2. The topological polar surface area (TPSA) is 30.9 Å². The first-order valence-corrected chi connectivity index (χ1v) is 8.60. The standard InChI is InChI=1S/C17H35NO3/c1-5-6-7-8-9-12-16(18-13-10-11-14-18)15-17(19-2,20-3)21-4/h16H,5-15H2,1-4H3. The molecule has 0 amide bonds. The fourth-order valence-electron chi connectivity index (χ4n) is 3.29. The highest BCUT2D eigenvalue weighted by molar-refractivity contribution is 4.79. The number of methoxy groups -OCH3 is 3. The van der Waals surface area contributed by atoms with Crippen LogP contribution in [0.5, 0.6) is 0 Å². The summed E-state index contributed by atoms with van der Waals surface area (Å²) in [6, 6.07) is 0.494. The Labute approximate surface area is 131 Å². The Kier molecular flexibility index (Phi) is 9.49. The second-order valence-corrected chi connectivity index (χ2v) is 6.10. The Bertz CT molecular complexity index is 242. The highest BCUT2D eigenvalue weighted by Gasteiger charge is 2.36. The van der Waals surface area contributed by atoms with Crippen LogP contribution in [0.15, 0.2) is 0 Å². The van der Waals surface area contributed by atoms with E-state index in [1.54, 1.807) is 21.3 Å². The van der Waals surface area contributed by atoms with Gasteiger partial charge < -0.3 is 19.1 Å². The second kappa shape index (κ2) is 10.5. The molecule has 21 heavy (non-hydrogen) atoms. The van der Waals surface area contributed by atoms with Crippen LogP contribution in [-0.4, -0.2) is 51.3 Å². The van der Waals surface area contributed by atoms with Gasteiger partial charge in [-0.05, 0) is 32.4 Å². The molecule has 1 heterocycles. The van der Waals surface area contributed by atoms with Crippen molar-refractivity contribution in [2.24, 2.45) is 0 Å². The number of unbranched alkanes of at least 4 members (excludes halogenated alkanes) is 4. The first kappa shape index (κ1) is 18.9. The van der Waals surface area contributed by atoms with Crippen LogP contribution in [-0.2, 0) is 14.2 Å². The van der Waals surface area contributed by atoms with Crippen LogP contribution in [0.3, 0.4) is 0 Å². The van der Waals surface area contributed by atoms with Gasteiger partial charge in [0.1, 0.15) is 0 Å². The van der Waals surface area contributed by atoms with E-state index in [1.807, 2.05) is 0 Å². The molecule has 0 bridgehead atoms. The zero-order chi connectivity index (χ0) is 15.6. The molecule has 0 N–H and O–H groups in total. The molecule has 1 aliphatic rings. The van der Waals surface area contributed by atoms with Gasteiger partial charge in [0.15, 0.2) is 0 Å². The van der Waals surface area contributed by atoms with Crippen LogP contribution < -0.4 is 0 Å². The molecule has 0 aliphatic carbocycles. The van der Waals surface area contributed by atoms with Crippen molar-refractivity contribution in [2.75, 3.05) is 34.4 Å². The smallest absolute Gasteiger partial charge is 0.283 e. The van der Waals surface area contributed by atoms with Crippen LogP contribution >= 0.6 is 0 Å². The summed E-state index contributed by atoms with van der Waals surface area (Å²) in [6.45, 7) is 4.66. The molecule has 0 spiro atoms. The lowest BCUT2D eigenvalue weighted by molar-refractivity contribution is -0.359.